The molecule has 1 aromatic carbocycles. The molecule has 96 valence electrons. The maximum absolute atomic E-state index is 12.8. The van der Waals surface area contributed by atoms with Crippen LogP contribution in [-0.2, 0) is 6.54 Å². The van der Waals surface area contributed by atoms with Crippen LogP contribution in [0.2, 0.25) is 0 Å². The number of rotatable bonds is 6. The highest BCUT2D eigenvalue weighted by atomic mass is 19.1. The zero-order valence-corrected chi connectivity index (χ0v) is 11.0. The number of hydrogen-bond acceptors (Lipinski definition) is 2. The molecule has 1 aromatic rings. The SMILES string of the molecule is CCC(CC)(CN)N(C)Cc1ccc(F)cc1. The van der Waals surface area contributed by atoms with E-state index >= 15 is 0 Å². The first-order chi connectivity index (χ1) is 8.07. The molecule has 0 spiro atoms. The summed E-state index contributed by atoms with van der Waals surface area (Å²) in [5.41, 5.74) is 7.07. The van der Waals surface area contributed by atoms with Crippen LogP contribution in [-0.4, -0.2) is 24.0 Å². The molecule has 0 radical (unpaired) electrons. The lowest BCUT2D eigenvalue weighted by Crippen LogP contribution is -2.50. The van der Waals surface area contributed by atoms with Gasteiger partial charge < -0.3 is 5.73 Å². The maximum atomic E-state index is 12.8. The summed E-state index contributed by atoms with van der Waals surface area (Å²) in [7, 11) is 2.09. The van der Waals surface area contributed by atoms with Crippen molar-refractivity contribution >= 4 is 0 Å². The molecule has 0 heterocycles. The summed E-state index contributed by atoms with van der Waals surface area (Å²) >= 11 is 0. The van der Waals surface area contributed by atoms with Gasteiger partial charge in [-0.15, -0.1) is 0 Å². The first-order valence-electron chi connectivity index (χ1n) is 6.23. The van der Waals surface area contributed by atoms with Crippen LogP contribution in [0.3, 0.4) is 0 Å². The highest BCUT2D eigenvalue weighted by Crippen LogP contribution is 2.23. The summed E-state index contributed by atoms with van der Waals surface area (Å²) in [6.45, 7) is 5.78. The van der Waals surface area contributed by atoms with Crippen LogP contribution in [0.1, 0.15) is 32.3 Å². The van der Waals surface area contributed by atoms with E-state index in [1.807, 2.05) is 12.1 Å². The van der Waals surface area contributed by atoms with E-state index in [9.17, 15) is 4.39 Å². The fourth-order valence-electron chi connectivity index (χ4n) is 2.27. The number of benzene rings is 1. The Morgan fingerprint density at radius 1 is 1.18 bits per heavy atom. The van der Waals surface area contributed by atoms with E-state index < -0.39 is 0 Å². The minimum absolute atomic E-state index is 0.0500. The fourth-order valence-corrected chi connectivity index (χ4v) is 2.27. The molecule has 0 aliphatic heterocycles. The van der Waals surface area contributed by atoms with Gasteiger partial charge in [0.05, 0.1) is 0 Å². The van der Waals surface area contributed by atoms with Gasteiger partial charge in [-0.2, -0.15) is 0 Å². The molecule has 0 saturated heterocycles. The van der Waals surface area contributed by atoms with Gasteiger partial charge in [0.2, 0.25) is 0 Å². The summed E-state index contributed by atoms with van der Waals surface area (Å²) in [6.07, 6.45) is 2.05. The third kappa shape index (κ3) is 3.27. The average Bonchev–Trinajstić information content (AvgIpc) is 2.35. The van der Waals surface area contributed by atoms with Crippen LogP contribution in [0.25, 0.3) is 0 Å². The minimum atomic E-state index is -0.188. The molecule has 2 N–H and O–H groups in total. The first kappa shape index (κ1) is 14.1. The molecule has 0 saturated carbocycles. The maximum Gasteiger partial charge on any atom is 0.123 e. The van der Waals surface area contributed by atoms with Crippen molar-refractivity contribution < 1.29 is 4.39 Å². The van der Waals surface area contributed by atoms with Gasteiger partial charge in [-0.25, -0.2) is 4.39 Å². The van der Waals surface area contributed by atoms with E-state index in [2.05, 4.69) is 25.8 Å². The van der Waals surface area contributed by atoms with Crippen molar-refractivity contribution in [3.05, 3.63) is 35.6 Å². The van der Waals surface area contributed by atoms with E-state index in [0.29, 0.717) is 6.54 Å². The van der Waals surface area contributed by atoms with Gasteiger partial charge in [-0.1, -0.05) is 26.0 Å². The van der Waals surface area contributed by atoms with Crippen molar-refractivity contribution in [1.29, 1.82) is 0 Å². The van der Waals surface area contributed by atoms with E-state index in [0.717, 1.165) is 24.9 Å². The second-order valence-electron chi connectivity index (χ2n) is 4.62. The Kier molecular flexibility index (Phi) is 5.09. The molecule has 1 rings (SSSR count). The topological polar surface area (TPSA) is 29.3 Å². The third-order valence-corrected chi connectivity index (χ3v) is 3.84. The molecule has 2 nitrogen and oxygen atoms in total. The summed E-state index contributed by atoms with van der Waals surface area (Å²) in [5.74, 6) is -0.188. The highest BCUT2D eigenvalue weighted by molar-refractivity contribution is 5.16. The Hall–Kier alpha value is -0.930. The monoisotopic (exact) mass is 238 g/mol. The van der Waals surface area contributed by atoms with Crippen molar-refractivity contribution in [3.63, 3.8) is 0 Å². The summed E-state index contributed by atoms with van der Waals surface area (Å²) in [5, 5.41) is 0. The lowest BCUT2D eigenvalue weighted by Gasteiger charge is -2.40. The van der Waals surface area contributed by atoms with Gasteiger partial charge in [0.1, 0.15) is 5.82 Å². The molecule has 0 unspecified atom stereocenters. The van der Waals surface area contributed by atoms with Crippen molar-refractivity contribution in [3.8, 4) is 0 Å². The lowest BCUT2D eigenvalue weighted by molar-refractivity contribution is 0.108. The van der Waals surface area contributed by atoms with E-state index in [-0.39, 0.29) is 11.4 Å². The number of likely N-dealkylation sites (N-methyl/N-ethyl adjacent to an activating group) is 1. The number of nitrogens with two attached hydrogens (primary N) is 1. The summed E-state index contributed by atoms with van der Waals surface area (Å²) in [4.78, 5) is 2.28. The predicted octanol–water partition coefficient (Wildman–Crippen LogP) is 2.78. The zero-order chi connectivity index (χ0) is 12.9. The predicted molar refractivity (Wildman–Crippen MR) is 70.2 cm³/mol. The Bertz CT molecular complexity index is 322. The van der Waals surface area contributed by atoms with Gasteiger partial charge in [0, 0.05) is 18.6 Å². The van der Waals surface area contributed by atoms with Crippen LogP contribution < -0.4 is 5.73 Å². The van der Waals surface area contributed by atoms with Crippen LogP contribution in [0.5, 0.6) is 0 Å². The number of hydrogen-bond donors (Lipinski definition) is 1. The van der Waals surface area contributed by atoms with Crippen LogP contribution >= 0.6 is 0 Å². The van der Waals surface area contributed by atoms with Gasteiger partial charge in [-0.3, -0.25) is 4.90 Å². The molecule has 0 atom stereocenters. The largest absolute Gasteiger partial charge is 0.329 e. The molecule has 17 heavy (non-hydrogen) atoms. The Morgan fingerprint density at radius 3 is 2.12 bits per heavy atom. The second-order valence-corrected chi connectivity index (χ2v) is 4.62. The van der Waals surface area contributed by atoms with Crippen LogP contribution in [0.15, 0.2) is 24.3 Å². The molecular weight excluding hydrogens is 215 g/mol. The molecule has 0 aliphatic rings. The second kappa shape index (κ2) is 6.12. The Morgan fingerprint density at radius 2 is 1.71 bits per heavy atom. The Balaban J connectivity index is 2.76. The van der Waals surface area contributed by atoms with E-state index in [4.69, 9.17) is 5.73 Å². The van der Waals surface area contributed by atoms with Crippen molar-refractivity contribution in [2.75, 3.05) is 13.6 Å². The summed E-state index contributed by atoms with van der Waals surface area (Å²) < 4.78 is 12.8. The van der Waals surface area contributed by atoms with Crippen LogP contribution in [0, 0.1) is 5.82 Å². The Labute approximate surface area is 104 Å². The van der Waals surface area contributed by atoms with Crippen molar-refractivity contribution in [2.24, 2.45) is 5.73 Å². The molecule has 0 fully saturated rings. The quantitative estimate of drug-likeness (QED) is 0.825. The molecule has 0 aromatic heterocycles. The third-order valence-electron chi connectivity index (χ3n) is 3.84. The molecule has 0 aliphatic carbocycles. The molecular formula is C14H23FN2. The standard InChI is InChI=1S/C14H23FN2/c1-4-14(5-2,11-16)17(3)10-12-6-8-13(15)9-7-12/h6-9H,4-5,10-11,16H2,1-3H3. The highest BCUT2D eigenvalue weighted by Gasteiger charge is 2.29. The smallest absolute Gasteiger partial charge is 0.123 e. The van der Waals surface area contributed by atoms with Gasteiger partial charge in [0.15, 0.2) is 0 Å². The average molecular weight is 238 g/mol. The van der Waals surface area contributed by atoms with Crippen molar-refractivity contribution in [2.45, 2.75) is 38.8 Å². The first-order valence-corrected chi connectivity index (χ1v) is 6.23. The number of halogens is 1. The van der Waals surface area contributed by atoms with Crippen molar-refractivity contribution in [1.82, 2.24) is 4.90 Å². The molecule has 3 heteroatoms. The van der Waals surface area contributed by atoms with E-state index in [1.54, 1.807) is 0 Å². The number of nitrogens with zero attached hydrogens (tertiary/aromatic N) is 1. The van der Waals surface area contributed by atoms with Gasteiger partial charge in [0.25, 0.3) is 0 Å². The van der Waals surface area contributed by atoms with Gasteiger partial charge >= 0.3 is 0 Å². The normalized spacial score (nSPS) is 12.1. The molecule has 0 bridgehead atoms. The zero-order valence-electron chi connectivity index (χ0n) is 11.0. The lowest BCUT2D eigenvalue weighted by atomic mass is 9.90. The van der Waals surface area contributed by atoms with E-state index in [1.165, 1.54) is 12.1 Å². The van der Waals surface area contributed by atoms with Gasteiger partial charge in [-0.05, 0) is 37.6 Å². The molecule has 0 amide bonds. The minimum Gasteiger partial charge on any atom is -0.329 e. The summed E-state index contributed by atoms with van der Waals surface area (Å²) in [6, 6.07) is 6.67. The van der Waals surface area contributed by atoms with Crippen LogP contribution in [0.4, 0.5) is 4.39 Å². The fraction of sp³-hybridized carbons (Fsp3) is 0.571.